The molecule has 0 amide bonds. The third kappa shape index (κ3) is 6.40. The van der Waals surface area contributed by atoms with Crippen LogP contribution in [0.5, 0.6) is 0 Å². The number of nitrogens with zero attached hydrogens (tertiary/aromatic N) is 1. The summed E-state index contributed by atoms with van der Waals surface area (Å²) in [5, 5.41) is 0. The minimum atomic E-state index is 0.410. The van der Waals surface area contributed by atoms with Gasteiger partial charge in [0.25, 0.3) is 0 Å². The summed E-state index contributed by atoms with van der Waals surface area (Å²) >= 11 is 0. The van der Waals surface area contributed by atoms with E-state index in [9.17, 15) is 0 Å². The first-order valence-electron chi connectivity index (χ1n) is 10.2. The fraction of sp³-hybridized carbons (Fsp3) is 1.00. The summed E-state index contributed by atoms with van der Waals surface area (Å²) in [6.07, 6.45) is 10.6. The van der Waals surface area contributed by atoms with Crippen molar-refractivity contribution in [1.29, 1.82) is 0 Å². The van der Waals surface area contributed by atoms with Crippen molar-refractivity contribution in [2.45, 2.75) is 112 Å². The van der Waals surface area contributed by atoms with E-state index in [1.54, 1.807) is 0 Å². The Hall–Kier alpha value is -0.0400. The van der Waals surface area contributed by atoms with Crippen LogP contribution in [0.3, 0.4) is 0 Å². The van der Waals surface area contributed by atoms with Crippen molar-refractivity contribution in [3.8, 4) is 0 Å². The molecule has 2 unspecified atom stereocenters. The maximum Gasteiger partial charge on any atom is 0.0200 e. The molecule has 0 aromatic rings. The summed E-state index contributed by atoms with van der Waals surface area (Å²) < 4.78 is 0. The van der Waals surface area contributed by atoms with Gasteiger partial charge in [-0.3, -0.25) is 0 Å². The van der Waals surface area contributed by atoms with Crippen molar-refractivity contribution < 1.29 is 0 Å². The van der Waals surface area contributed by atoms with E-state index in [1.807, 2.05) is 0 Å². The van der Waals surface area contributed by atoms with E-state index in [0.717, 1.165) is 5.92 Å². The van der Waals surface area contributed by atoms with Gasteiger partial charge in [-0.15, -0.1) is 0 Å². The van der Waals surface area contributed by atoms with Crippen LogP contribution in [0, 0.1) is 16.7 Å². The molecular formula is C22H47N. The lowest BCUT2D eigenvalue weighted by molar-refractivity contribution is 0.0597. The van der Waals surface area contributed by atoms with Crippen LogP contribution >= 0.6 is 0 Å². The van der Waals surface area contributed by atoms with Crippen molar-refractivity contribution in [1.82, 2.24) is 4.90 Å². The van der Waals surface area contributed by atoms with Gasteiger partial charge in [0.1, 0.15) is 0 Å². The molecule has 23 heavy (non-hydrogen) atoms. The number of hydrogen-bond donors (Lipinski definition) is 0. The molecule has 140 valence electrons. The number of rotatable bonds is 12. The zero-order valence-corrected chi connectivity index (χ0v) is 18.2. The summed E-state index contributed by atoms with van der Waals surface area (Å²) in [7, 11) is 4.55. The van der Waals surface area contributed by atoms with Crippen molar-refractivity contribution in [3.05, 3.63) is 0 Å². The fourth-order valence-electron chi connectivity index (χ4n) is 4.72. The highest BCUT2D eigenvalue weighted by atomic mass is 15.1. The predicted octanol–water partition coefficient (Wildman–Crippen LogP) is 7.16. The Morgan fingerprint density at radius 3 is 1.61 bits per heavy atom. The van der Waals surface area contributed by atoms with Crippen molar-refractivity contribution in [2.75, 3.05) is 14.1 Å². The van der Waals surface area contributed by atoms with Crippen LogP contribution in [0.2, 0.25) is 0 Å². The monoisotopic (exact) mass is 325 g/mol. The highest BCUT2D eigenvalue weighted by Crippen LogP contribution is 2.46. The van der Waals surface area contributed by atoms with Crippen molar-refractivity contribution in [2.24, 2.45) is 16.7 Å². The van der Waals surface area contributed by atoms with E-state index < -0.39 is 0 Å². The van der Waals surface area contributed by atoms with Crippen LogP contribution in [0.1, 0.15) is 107 Å². The lowest BCUT2D eigenvalue weighted by Crippen LogP contribution is -2.44. The molecule has 0 saturated carbocycles. The summed E-state index contributed by atoms with van der Waals surface area (Å²) in [4.78, 5) is 2.49. The van der Waals surface area contributed by atoms with E-state index in [2.05, 4.69) is 74.4 Å². The molecule has 0 heterocycles. The maximum atomic E-state index is 2.50. The zero-order chi connectivity index (χ0) is 18.3. The maximum absolute atomic E-state index is 2.50. The second-order valence-electron chi connectivity index (χ2n) is 9.52. The number of hydrogen-bond acceptors (Lipinski definition) is 1. The molecule has 0 N–H and O–H groups in total. The zero-order valence-electron chi connectivity index (χ0n) is 18.2. The van der Waals surface area contributed by atoms with Crippen molar-refractivity contribution >= 4 is 0 Å². The molecule has 0 aromatic carbocycles. The lowest BCUT2D eigenvalue weighted by atomic mass is 9.62. The highest BCUT2D eigenvalue weighted by Gasteiger charge is 2.37. The largest absolute Gasteiger partial charge is 0.304 e. The van der Waals surface area contributed by atoms with E-state index in [1.165, 1.54) is 51.4 Å². The molecule has 1 nitrogen and oxygen atoms in total. The van der Waals surface area contributed by atoms with Gasteiger partial charge >= 0.3 is 0 Å². The van der Waals surface area contributed by atoms with E-state index >= 15 is 0 Å². The Labute approximate surface area is 148 Å². The minimum absolute atomic E-state index is 0.410. The highest BCUT2D eigenvalue weighted by molar-refractivity contribution is 4.89. The van der Waals surface area contributed by atoms with Crippen LogP contribution in [-0.2, 0) is 0 Å². The second-order valence-corrected chi connectivity index (χ2v) is 9.52. The second kappa shape index (κ2) is 9.44. The first-order valence-corrected chi connectivity index (χ1v) is 10.2. The molecule has 0 fully saturated rings. The van der Waals surface area contributed by atoms with Gasteiger partial charge in [0.15, 0.2) is 0 Å². The van der Waals surface area contributed by atoms with Crippen molar-refractivity contribution in [3.63, 3.8) is 0 Å². The molecule has 0 aliphatic heterocycles. The van der Waals surface area contributed by atoms with Gasteiger partial charge in [0, 0.05) is 5.54 Å². The standard InChI is InChI=1S/C22H47N/c1-11-15-20(5,6)19(4)21(7,8)17-14-18-22(13-3,16-12-2)23(9)10/h19H,11-18H2,1-10H3. The first kappa shape index (κ1) is 23.0. The first-order chi connectivity index (χ1) is 10.5. The Kier molecular flexibility index (Phi) is 9.43. The molecule has 0 saturated heterocycles. The molecule has 0 aliphatic carbocycles. The average Bonchev–Trinajstić information content (AvgIpc) is 2.44. The van der Waals surface area contributed by atoms with E-state index in [4.69, 9.17) is 0 Å². The van der Waals surface area contributed by atoms with Gasteiger partial charge in [-0.05, 0) is 62.9 Å². The molecule has 0 radical (unpaired) electrons. The Balaban J connectivity index is 4.81. The molecule has 0 bridgehead atoms. The van der Waals surface area contributed by atoms with Crippen LogP contribution < -0.4 is 0 Å². The summed E-state index contributed by atoms with van der Waals surface area (Å²) in [6, 6.07) is 0. The molecule has 0 aromatic heterocycles. The topological polar surface area (TPSA) is 3.24 Å². The van der Waals surface area contributed by atoms with E-state index in [0.29, 0.717) is 16.4 Å². The molecule has 2 atom stereocenters. The Morgan fingerprint density at radius 1 is 0.739 bits per heavy atom. The van der Waals surface area contributed by atoms with Gasteiger partial charge < -0.3 is 4.90 Å². The summed E-state index contributed by atoms with van der Waals surface area (Å²) in [5.41, 5.74) is 1.29. The molecule has 0 rings (SSSR count). The summed E-state index contributed by atoms with van der Waals surface area (Å²) in [5.74, 6) is 0.761. The normalized spacial score (nSPS) is 17.3. The third-order valence-electron chi connectivity index (χ3n) is 7.02. The van der Waals surface area contributed by atoms with E-state index in [-0.39, 0.29) is 0 Å². The predicted molar refractivity (Wildman–Crippen MR) is 107 cm³/mol. The van der Waals surface area contributed by atoms with Crippen LogP contribution in [-0.4, -0.2) is 24.5 Å². The molecule has 1 heteroatoms. The Bertz CT molecular complexity index is 316. The average molecular weight is 326 g/mol. The van der Waals surface area contributed by atoms with Gasteiger partial charge in [-0.25, -0.2) is 0 Å². The van der Waals surface area contributed by atoms with Crippen LogP contribution in [0.25, 0.3) is 0 Å². The smallest absolute Gasteiger partial charge is 0.0200 e. The summed E-state index contributed by atoms with van der Waals surface area (Å²) in [6.45, 7) is 19.4. The van der Waals surface area contributed by atoms with Gasteiger partial charge in [0.05, 0.1) is 0 Å². The third-order valence-corrected chi connectivity index (χ3v) is 7.02. The van der Waals surface area contributed by atoms with Gasteiger partial charge in [-0.2, -0.15) is 0 Å². The molecule has 0 aliphatic rings. The quantitative estimate of drug-likeness (QED) is 0.368. The van der Waals surface area contributed by atoms with Gasteiger partial charge in [0.2, 0.25) is 0 Å². The fourth-order valence-corrected chi connectivity index (χ4v) is 4.72. The van der Waals surface area contributed by atoms with Crippen LogP contribution in [0.4, 0.5) is 0 Å². The van der Waals surface area contributed by atoms with Gasteiger partial charge in [-0.1, -0.05) is 74.7 Å². The Morgan fingerprint density at radius 2 is 1.22 bits per heavy atom. The SMILES string of the molecule is CCCC(C)(C)C(C)C(C)(C)CCCC(CC)(CCC)N(C)C. The minimum Gasteiger partial charge on any atom is -0.304 e. The van der Waals surface area contributed by atoms with Crippen LogP contribution in [0.15, 0.2) is 0 Å². The lowest BCUT2D eigenvalue weighted by Gasteiger charge is -2.44. The molecular weight excluding hydrogens is 278 g/mol. The molecule has 0 spiro atoms.